The summed E-state index contributed by atoms with van der Waals surface area (Å²) >= 11 is 0. The van der Waals surface area contributed by atoms with Crippen LogP contribution in [0.2, 0.25) is 0 Å². The average molecular weight is 603 g/mol. The highest BCUT2D eigenvalue weighted by molar-refractivity contribution is 7.89. The second-order valence-corrected chi connectivity index (χ2v) is 13.7. The molecule has 226 valence electrons. The van der Waals surface area contributed by atoms with Crippen LogP contribution in [0.3, 0.4) is 0 Å². The summed E-state index contributed by atoms with van der Waals surface area (Å²) in [5.74, 6) is 1.03. The van der Waals surface area contributed by atoms with E-state index in [0.29, 0.717) is 40.7 Å². The van der Waals surface area contributed by atoms with Crippen LogP contribution in [-0.2, 0) is 16.6 Å². The lowest BCUT2D eigenvalue weighted by atomic mass is 9.92. The van der Waals surface area contributed by atoms with E-state index < -0.39 is 10.0 Å². The van der Waals surface area contributed by atoms with Crippen molar-refractivity contribution < 1.29 is 8.42 Å². The molecule has 0 amide bonds. The molecule has 1 saturated heterocycles. The van der Waals surface area contributed by atoms with E-state index >= 15 is 0 Å². The number of rotatable bonds is 11. The molecule has 0 bridgehead atoms. The number of hydrogen-bond acceptors (Lipinski definition) is 9. The van der Waals surface area contributed by atoms with E-state index in [0.717, 1.165) is 41.3 Å². The number of nitrogens with zero attached hydrogens (tertiary/aromatic N) is 6. The van der Waals surface area contributed by atoms with Gasteiger partial charge in [-0.05, 0) is 93.6 Å². The SMILES string of the molecule is C=C(c1cc2cnc(Nc3ccc(C4CCCNC4)cc3)nc2n(Cc2ccnn2S(=O)(=O)CCN(C)C)c1=O)C1CC1. The fourth-order valence-electron chi connectivity index (χ4n) is 5.58. The van der Waals surface area contributed by atoms with Gasteiger partial charge < -0.3 is 15.5 Å². The van der Waals surface area contributed by atoms with Crippen LogP contribution >= 0.6 is 0 Å². The molecule has 1 atom stereocenters. The van der Waals surface area contributed by atoms with E-state index in [-0.39, 0.29) is 23.8 Å². The third-order valence-corrected chi connectivity index (χ3v) is 9.80. The van der Waals surface area contributed by atoms with E-state index in [9.17, 15) is 13.2 Å². The highest BCUT2D eigenvalue weighted by Gasteiger charge is 2.28. The molecule has 1 aromatic carbocycles. The molecule has 1 unspecified atom stereocenters. The van der Waals surface area contributed by atoms with Crippen LogP contribution in [0, 0.1) is 5.92 Å². The van der Waals surface area contributed by atoms with Gasteiger partial charge in [0.15, 0.2) is 0 Å². The Balaban J connectivity index is 1.35. The summed E-state index contributed by atoms with van der Waals surface area (Å²) in [7, 11) is -0.104. The molecule has 0 radical (unpaired) electrons. The van der Waals surface area contributed by atoms with Gasteiger partial charge in [0.2, 0.25) is 5.95 Å². The van der Waals surface area contributed by atoms with Crippen molar-refractivity contribution in [3.05, 3.63) is 82.5 Å². The first-order valence-corrected chi connectivity index (χ1v) is 16.4. The molecule has 1 aliphatic carbocycles. The smallest absolute Gasteiger partial charge is 0.260 e. The molecule has 12 heteroatoms. The van der Waals surface area contributed by atoms with Crippen molar-refractivity contribution in [2.24, 2.45) is 5.92 Å². The van der Waals surface area contributed by atoms with Gasteiger partial charge in [-0.3, -0.25) is 9.36 Å². The fraction of sp³-hybridized carbons (Fsp3) is 0.419. The Morgan fingerprint density at radius 2 is 1.95 bits per heavy atom. The molecule has 11 nitrogen and oxygen atoms in total. The monoisotopic (exact) mass is 602 g/mol. The number of fused-ring (bicyclic) bond motifs is 1. The van der Waals surface area contributed by atoms with Crippen molar-refractivity contribution in [1.29, 1.82) is 0 Å². The zero-order chi connectivity index (χ0) is 30.1. The van der Waals surface area contributed by atoms with Crippen molar-refractivity contribution in [3.8, 4) is 0 Å². The topological polar surface area (TPSA) is 127 Å². The predicted octanol–water partition coefficient (Wildman–Crippen LogP) is 3.41. The Kier molecular flexibility index (Phi) is 8.17. The minimum absolute atomic E-state index is 0.0249. The molecule has 2 N–H and O–H groups in total. The van der Waals surface area contributed by atoms with E-state index in [2.05, 4.69) is 39.4 Å². The maximum Gasteiger partial charge on any atom is 0.260 e. The number of nitrogens with one attached hydrogen (secondary N) is 2. The van der Waals surface area contributed by atoms with Crippen molar-refractivity contribution in [3.63, 3.8) is 0 Å². The Bertz CT molecular complexity index is 1800. The number of piperidine rings is 1. The predicted molar refractivity (Wildman–Crippen MR) is 169 cm³/mol. The standard InChI is InChI=1S/C31H38N8O3S/c1-21(22-6-7-22)28-17-25-19-33-31(35-26-10-8-23(9-11-26)24-5-4-13-32-18-24)36-29(25)38(30(28)40)20-27-12-14-34-39(27)43(41,42)16-15-37(2)3/h8-12,14,17,19,22,24,32H,1,4-7,13,15-16,18,20H2,2-3H3,(H,33,35,36). The van der Waals surface area contributed by atoms with Crippen LogP contribution in [0.1, 0.15) is 48.4 Å². The lowest BCUT2D eigenvalue weighted by Gasteiger charge is -2.23. The maximum atomic E-state index is 13.9. The number of allylic oxidation sites excluding steroid dienone is 1. The van der Waals surface area contributed by atoms with Gasteiger partial charge in [0.05, 0.1) is 24.2 Å². The van der Waals surface area contributed by atoms with E-state index in [4.69, 9.17) is 4.98 Å². The van der Waals surface area contributed by atoms with Gasteiger partial charge in [0.1, 0.15) is 5.65 Å². The zero-order valence-corrected chi connectivity index (χ0v) is 25.5. The largest absolute Gasteiger partial charge is 0.324 e. The molecule has 4 heterocycles. The minimum atomic E-state index is -3.74. The molecule has 1 saturated carbocycles. The van der Waals surface area contributed by atoms with E-state index in [1.165, 1.54) is 29.2 Å². The molecule has 0 spiro atoms. The van der Waals surface area contributed by atoms with Crippen LogP contribution in [-0.4, -0.2) is 76.5 Å². The quantitative estimate of drug-likeness (QED) is 0.266. The van der Waals surface area contributed by atoms with Crippen molar-refractivity contribution >= 4 is 38.3 Å². The molecule has 2 aliphatic rings. The molecular weight excluding hydrogens is 564 g/mol. The second kappa shape index (κ2) is 12.0. The van der Waals surface area contributed by atoms with Gasteiger partial charge in [-0.1, -0.05) is 18.7 Å². The summed E-state index contributed by atoms with van der Waals surface area (Å²) in [5.41, 5.74) is 3.95. The van der Waals surface area contributed by atoms with Gasteiger partial charge in [0.25, 0.3) is 15.6 Å². The fourth-order valence-corrected chi connectivity index (χ4v) is 7.02. The highest BCUT2D eigenvalue weighted by Crippen LogP contribution is 2.40. The summed E-state index contributed by atoms with van der Waals surface area (Å²) in [6.07, 6.45) is 7.49. The Hall–Kier alpha value is -3.87. The third kappa shape index (κ3) is 6.41. The van der Waals surface area contributed by atoms with E-state index in [1.54, 1.807) is 23.2 Å². The minimum Gasteiger partial charge on any atom is -0.324 e. The Morgan fingerprint density at radius 1 is 1.16 bits per heavy atom. The van der Waals surface area contributed by atoms with Gasteiger partial charge in [0, 0.05) is 35.9 Å². The lowest BCUT2D eigenvalue weighted by molar-refractivity contribution is 0.431. The van der Waals surface area contributed by atoms with Gasteiger partial charge in [-0.15, -0.1) is 0 Å². The molecule has 6 rings (SSSR count). The molecule has 2 fully saturated rings. The summed E-state index contributed by atoms with van der Waals surface area (Å²) in [6, 6.07) is 11.7. The van der Waals surface area contributed by atoms with Crippen molar-refractivity contribution in [2.45, 2.75) is 38.1 Å². The molecule has 3 aromatic heterocycles. The maximum absolute atomic E-state index is 13.9. The highest BCUT2D eigenvalue weighted by atomic mass is 32.2. The Morgan fingerprint density at radius 3 is 2.65 bits per heavy atom. The Labute approximate surface area is 251 Å². The zero-order valence-electron chi connectivity index (χ0n) is 24.7. The van der Waals surface area contributed by atoms with Crippen molar-refractivity contribution in [1.82, 2.24) is 33.9 Å². The van der Waals surface area contributed by atoms with Gasteiger partial charge >= 0.3 is 0 Å². The van der Waals surface area contributed by atoms with Crippen LogP contribution < -0.4 is 16.2 Å². The molecular formula is C31H38N8O3S. The lowest BCUT2D eigenvalue weighted by Crippen LogP contribution is -2.30. The summed E-state index contributed by atoms with van der Waals surface area (Å²) < 4.78 is 28.8. The number of anilines is 2. The van der Waals surface area contributed by atoms with Gasteiger partial charge in [-0.2, -0.15) is 14.2 Å². The number of pyridine rings is 1. The summed E-state index contributed by atoms with van der Waals surface area (Å²) in [6.45, 7) is 6.60. The second-order valence-electron chi connectivity index (χ2n) is 11.8. The number of aromatic nitrogens is 5. The number of hydrogen-bond donors (Lipinski definition) is 2. The molecule has 4 aromatic rings. The summed E-state index contributed by atoms with van der Waals surface area (Å²) in [5, 5.41) is 11.5. The third-order valence-electron chi connectivity index (χ3n) is 8.24. The normalized spacial score (nSPS) is 17.4. The molecule has 43 heavy (non-hydrogen) atoms. The number of benzene rings is 1. The van der Waals surface area contributed by atoms with Crippen LogP contribution in [0.5, 0.6) is 0 Å². The summed E-state index contributed by atoms with van der Waals surface area (Å²) in [4.78, 5) is 25.0. The van der Waals surface area contributed by atoms with Crippen LogP contribution in [0.4, 0.5) is 11.6 Å². The first-order chi connectivity index (χ1) is 20.7. The first kappa shape index (κ1) is 29.2. The molecule has 1 aliphatic heterocycles. The van der Waals surface area contributed by atoms with E-state index in [1.807, 2.05) is 26.2 Å². The van der Waals surface area contributed by atoms with Crippen LogP contribution in [0.15, 0.2) is 60.2 Å². The average Bonchev–Trinajstić information content (AvgIpc) is 3.75. The van der Waals surface area contributed by atoms with Crippen LogP contribution in [0.25, 0.3) is 16.6 Å². The first-order valence-electron chi connectivity index (χ1n) is 14.8. The van der Waals surface area contributed by atoms with Gasteiger partial charge in [-0.25, -0.2) is 13.4 Å². The van der Waals surface area contributed by atoms with Crippen molar-refractivity contribution in [2.75, 3.05) is 44.8 Å².